The number of fused-ring (bicyclic) bond motifs is 1. The number of Topliss-reactive ketones (excluding diaryl/α,β-unsaturated/α-hetero) is 1. The number of allylic oxidation sites excluding steroid dienone is 1. The van der Waals surface area contributed by atoms with Crippen LogP contribution in [-0.2, 0) is 13.0 Å². The van der Waals surface area contributed by atoms with Gasteiger partial charge in [0, 0.05) is 31.4 Å². The smallest absolute Gasteiger partial charge is 0.356 e. The molecule has 0 radical (unpaired) electrons. The van der Waals surface area contributed by atoms with Crippen molar-refractivity contribution in [2.45, 2.75) is 19.4 Å². The van der Waals surface area contributed by atoms with E-state index in [9.17, 15) is 9.59 Å². The van der Waals surface area contributed by atoms with E-state index in [0.717, 1.165) is 0 Å². The van der Waals surface area contributed by atoms with Gasteiger partial charge in [-0.25, -0.2) is 4.79 Å². The number of rotatable bonds is 4. The highest BCUT2D eigenvalue weighted by molar-refractivity contribution is 6.11. The maximum atomic E-state index is 12.5. The molecule has 2 N–H and O–H groups in total. The standard InChI is InChI=1S/C13H17N3O4/c1-15(2)7-8-3-4-9-10(13(19)20)14-16(5-6-17)11(9)12(8)18/h7,17H,3-6H2,1-2H3,(H,19,20)/b8-7+. The van der Waals surface area contributed by atoms with Crippen LogP contribution >= 0.6 is 0 Å². The molecule has 7 nitrogen and oxygen atoms in total. The molecule has 0 fully saturated rings. The van der Waals surface area contributed by atoms with E-state index in [-0.39, 0.29) is 30.3 Å². The van der Waals surface area contributed by atoms with Crippen LogP contribution in [0, 0.1) is 0 Å². The molecular formula is C13H17N3O4. The number of carboxylic acids is 1. The molecule has 2 rings (SSSR count). The Morgan fingerprint density at radius 3 is 2.70 bits per heavy atom. The van der Waals surface area contributed by atoms with Crippen molar-refractivity contribution < 1.29 is 19.8 Å². The average Bonchev–Trinajstić information content (AvgIpc) is 2.72. The lowest BCUT2D eigenvalue weighted by atomic mass is 9.90. The second kappa shape index (κ2) is 5.46. The SMILES string of the molecule is CN(C)/C=C1\CCc2c(C(=O)O)nn(CCO)c2C1=O. The Morgan fingerprint density at radius 1 is 1.45 bits per heavy atom. The Balaban J connectivity index is 2.53. The Morgan fingerprint density at radius 2 is 2.15 bits per heavy atom. The average molecular weight is 279 g/mol. The molecule has 1 heterocycles. The molecule has 0 aliphatic heterocycles. The van der Waals surface area contributed by atoms with Crippen molar-refractivity contribution in [3.8, 4) is 0 Å². The van der Waals surface area contributed by atoms with Crippen LogP contribution in [0.2, 0.25) is 0 Å². The zero-order valence-electron chi connectivity index (χ0n) is 11.5. The summed E-state index contributed by atoms with van der Waals surface area (Å²) in [5.74, 6) is -1.36. The van der Waals surface area contributed by atoms with Gasteiger partial charge in [-0.2, -0.15) is 5.10 Å². The molecule has 7 heteroatoms. The molecule has 108 valence electrons. The number of hydrogen-bond acceptors (Lipinski definition) is 5. The van der Waals surface area contributed by atoms with Crippen LogP contribution in [-0.4, -0.2) is 57.3 Å². The van der Waals surface area contributed by atoms with Gasteiger partial charge in [-0.1, -0.05) is 0 Å². The fraction of sp³-hybridized carbons (Fsp3) is 0.462. The number of carbonyl (C=O) groups excluding carboxylic acids is 1. The van der Waals surface area contributed by atoms with Gasteiger partial charge in [0.05, 0.1) is 13.2 Å². The number of aliphatic hydroxyl groups is 1. The van der Waals surface area contributed by atoms with Crippen LogP contribution in [0.5, 0.6) is 0 Å². The van der Waals surface area contributed by atoms with E-state index in [0.29, 0.717) is 24.0 Å². The maximum Gasteiger partial charge on any atom is 0.356 e. The number of carbonyl (C=O) groups is 2. The summed E-state index contributed by atoms with van der Waals surface area (Å²) in [6.45, 7) is -0.0935. The topological polar surface area (TPSA) is 95.7 Å². The molecule has 0 amide bonds. The van der Waals surface area contributed by atoms with Gasteiger partial charge in [0.2, 0.25) is 5.78 Å². The minimum Gasteiger partial charge on any atom is -0.476 e. The van der Waals surface area contributed by atoms with Gasteiger partial charge in [-0.05, 0) is 12.8 Å². The predicted octanol–water partition coefficient (Wildman–Crippen LogP) is 0.148. The molecule has 1 aromatic heterocycles. The van der Waals surface area contributed by atoms with E-state index in [4.69, 9.17) is 10.2 Å². The second-order valence-corrected chi connectivity index (χ2v) is 4.87. The Kier molecular flexibility index (Phi) is 3.89. The largest absolute Gasteiger partial charge is 0.476 e. The third-order valence-electron chi connectivity index (χ3n) is 3.13. The summed E-state index contributed by atoms with van der Waals surface area (Å²) in [4.78, 5) is 25.4. The molecule has 1 aliphatic carbocycles. The van der Waals surface area contributed by atoms with E-state index in [2.05, 4.69) is 5.10 Å². The molecule has 0 bridgehead atoms. The second-order valence-electron chi connectivity index (χ2n) is 4.87. The van der Waals surface area contributed by atoms with E-state index in [1.54, 1.807) is 11.1 Å². The van der Waals surface area contributed by atoms with Crippen molar-refractivity contribution in [3.63, 3.8) is 0 Å². The van der Waals surface area contributed by atoms with Crippen LogP contribution in [0.3, 0.4) is 0 Å². The highest BCUT2D eigenvalue weighted by Gasteiger charge is 2.32. The van der Waals surface area contributed by atoms with Crippen molar-refractivity contribution in [2.75, 3.05) is 20.7 Å². The van der Waals surface area contributed by atoms with E-state index >= 15 is 0 Å². The molecule has 1 aliphatic rings. The number of aromatic nitrogens is 2. The van der Waals surface area contributed by atoms with Gasteiger partial charge in [-0.3, -0.25) is 9.48 Å². The zero-order valence-corrected chi connectivity index (χ0v) is 11.5. The molecule has 0 aromatic carbocycles. The number of hydrogen-bond donors (Lipinski definition) is 2. The third-order valence-corrected chi connectivity index (χ3v) is 3.13. The summed E-state index contributed by atoms with van der Waals surface area (Å²) in [6, 6.07) is 0. The lowest BCUT2D eigenvalue weighted by Crippen LogP contribution is -2.21. The number of ketones is 1. The summed E-state index contributed by atoms with van der Waals surface area (Å²) in [6.07, 6.45) is 2.70. The van der Waals surface area contributed by atoms with Gasteiger partial charge >= 0.3 is 5.97 Å². The number of carboxylic acid groups (broad SMARTS) is 1. The molecule has 1 aromatic rings. The summed E-state index contributed by atoms with van der Waals surface area (Å²) >= 11 is 0. The van der Waals surface area contributed by atoms with E-state index in [1.165, 1.54) is 4.68 Å². The van der Waals surface area contributed by atoms with Crippen molar-refractivity contribution in [2.24, 2.45) is 0 Å². The number of nitrogens with zero attached hydrogens (tertiary/aromatic N) is 3. The monoisotopic (exact) mass is 279 g/mol. The number of aromatic carboxylic acids is 1. The predicted molar refractivity (Wildman–Crippen MR) is 70.7 cm³/mol. The van der Waals surface area contributed by atoms with Gasteiger partial charge in [0.15, 0.2) is 5.69 Å². The molecule has 0 spiro atoms. The highest BCUT2D eigenvalue weighted by Crippen LogP contribution is 2.28. The molecule has 0 saturated heterocycles. The minimum atomic E-state index is -1.15. The lowest BCUT2D eigenvalue weighted by molar-refractivity contribution is 0.0687. The van der Waals surface area contributed by atoms with Gasteiger partial charge in [0.1, 0.15) is 5.69 Å². The first-order chi connectivity index (χ1) is 9.45. The van der Waals surface area contributed by atoms with Crippen LogP contribution in [0.4, 0.5) is 0 Å². The first kappa shape index (κ1) is 14.3. The lowest BCUT2D eigenvalue weighted by Gasteiger charge is -2.17. The molecular weight excluding hydrogens is 262 g/mol. The minimum absolute atomic E-state index is 0.0919. The van der Waals surface area contributed by atoms with Gasteiger partial charge < -0.3 is 15.1 Å². The summed E-state index contributed by atoms with van der Waals surface area (Å²) in [5, 5.41) is 22.1. The summed E-state index contributed by atoms with van der Waals surface area (Å²) in [7, 11) is 3.65. The van der Waals surface area contributed by atoms with Crippen LogP contribution in [0.25, 0.3) is 0 Å². The van der Waals surface area contributed by atoms with Gasteiger partial charge in [-0.15, -0.1) is 0 Å². The quantitative estimate of drug-likeness (QED) is 0.762. The van der Waals surface area contributed by atoms with Crippen molar-refractivity contribution in [3.05, 3.63) is 28.7 Å². The van der Waals surface area contributed by atoms with Crippen LogP contribution in [0.1, 0.15) is 33.0 Å². The zero-order chi connectivity index (χ0) is 14.9. The van der Waals surface area contributed by atoms with Crippen LogP contribution in [0.15, 0.2) is 11.8 Å². The van der Waals surface area contributed by atoms with Crippen molar-refractivity contribution >= 4 is 11.8 Å². The molecule has 0 unspecified atom stereocenters. The van der Waals surface area contributed by atoms with Gasteiger partial charge in [0.25, 0.3) is 0 Å². The Labute approximate surface area is 116 Å². The van der Waals surface area contributed by atoms with Crippen molar-refractivity contribution in [1.82, 2.24) is 14.7 Å². The first-order valence-corrected chi connectivity index (χ1v) is 6.31. The molecule has 0 saturated carbocycles. The normalized spacial score (nSPS) is 16.4. The molecule has 0 atom stereocenters. The highest BCUT2D eigenvalue weighted by atomic mass is 16.4. The summed E-state index contributed by atoms with van der Waals surface area (Å²) in [5.41, 5.74) is 1.28. The summed E-state index contributed by atoms with van der Waals surface area (Å²) < 4.78 is 1.30. The maximum absolute atomic E-state index is 12.5. The van der Waals surface area contributed by atoms with Crippen molar-refractivity contribution in [1.29, 1.82) is 0 Å². The molecule has 20 heavy (non-hydrogen) atoms. The van der Waals surface area contributed by atoms with E-state index in [1.807, 2.05) is 14.1 Å². The Bertz CT molecular complexity index is 587. The fourth-order valence-electron chi connectivity index (χ4n) is 2.38. The Hall–Kier alpha value is -2.15. The first-order valence-electron chi connectivity index (χ1n) is 6.31. The fourth-order valence-corrected chi connectivity index (χ4v) is 2.38. The van der Waals surface area contributed by atoms with E-state index < -0.39 is 5.97 Å². The number of aliphatic hydroxyl groups excluding tert-OH is 1. The third kappa shape index (κ3) is 2.44. The van der Waals surface area contributed by atoms with Crippen LogP contribution < -0.4 is 0 Å².